The molecule has 4 aromatic rings. The van der Waals surface area contributed by atoms with Crippen molar-refractivity contribution in [2.24, 2.45) is 28.1 Å². The van der Waals surface area contributed by atoms with Crippen molar-refractivity contribution in [2.45, 2.75) is 117 Å². The zero-order chi connectivity index (χ0) is 39.9. The molecule has 9 nitrogen and oxygen atoms in total. The van der Waals surface area contributed by atoms with Gasteiger partial charge in [-0.1, -0.05) is 73.6 Å². The van der Waals surface area contributed by atoms with E-state index >= 15 is 0 Å². The Hall–Kier alpha value is -4.23. The first-order valence-corrected chi connectivity index (χ1v) is 18.2. The Morgan fingerprint density at radius 2 is 1.57 bits per heavy atom. The summed E-state index contributed by atoms with van der Waals surface area (Å²) in [5, 5.41) is 4.50. The summed E-state index contributed by atoms with van der Waals surface area (Å²) in [5.41, 5.74) is 18.4. The van der Waals surface area contributed by atoms with E-state index < -0.39 is 23.0 Å². The van der Waals surface area contributed by atoms with Crippen molar-refractivity contribution in [2.75, 3.05) is 13.1 Å². The topological polar surface area (TPSA) is 153 Å². The number of aliphatic imine (C=N–C) groups is 1. The van der Waals surface area contributed by atoms with Crippen LogP contribution < -0.4 is 28.2 Å². The maximum atomic E-state index is 14.2. The third-order valence-corrected chi connectivity index (χ3v) is 8.88. The van der Waals surface area contributed by atoms with E-state index in [-0.39, 0.29) is 34.7 Å². The van der Waals surface area contributed by atoms with Crippen LogP contribution in [-0.4, -0.2) is 39.6 Å². The zero-order valence-corrected chi connectivity index (χ0v) is 32.6. The van der Waals surface area contributed by atoms with Crippen LogP contribution in [0.3, 0.4) is 0 Å². The molecule has 8 N–H and O–H groups in total. The molecular formula is C40H58F4N8O. The van der Waals surface area contributed by atoms with E-state index in [2.05, 4.69) is 73.1 Å². The van der Waals surface area contributed by atoms with Crippen molar-refractivity contribution >= 4 is 17.0 Å². The monoisotopic (exact) mass is 742 g/mol. The van der Waals surface area contributed by atoms with Crippen molar-refractivity contribution in [1.82, 2.24) is 19.9 Å². The molecule has 2 heterocycles. The molecule has 2 aromatic carbocycles. The lowest BCUT2D eigenvalue weighted by molar-refractivity contribution is -0.140. The fourth-order valence-corrected chi connectivity index (χ4v) is 5.92. The fraction of sp³-hybridized carbons (Fsp3) is 0.525. The third-order valence-electron chi connectivity index (χ3n) is 8.88. The molecule has 13 heteroatoms. The lowest BCUT2D eigenvalue weighted by Gasteiger charge is -2.23. The number of nitrogens with one attached hydrogen (secondary N) is 2. The predicted molar refractivity (Wildman–Crippen MR) is 208 cm³/mol. The average Bonchev–Trinajstić information content (AvgIpc) is 3.46. The van der Waals surface area contributed by atoms with Crippen molar-refractivity contribution < 1.29 is 17.6 Å². The van der Waals surface area contributed by atoms with E-state index in [4.69, 9.17) is 17.2 Å². The second-order valence-corrected chi connectivity index (χ2v) is 16.2. The van der Waals surface area contributed by atoms with Gasteiger partial charge in [0.2, 0.25) is 0 Å². The number of halogens is 4. The number of alkyl halides is 3. The number of hydrogen-bond donors (Lipinski definition) is 5. The first kappa shape index (κ1) is 43.2. The number of rotatable bonds is 12. The maximum Gasteiger partial charge on any atom is 0.419 e. The van der Waals surface area contributed by atoms with Gasteiger partial charge in [-0.15, -0.1) is 0 Å². The van der Waals surface area contributed by atoms with Crippen LogP contribution in [0.1, 0.15) is 116 Å². The Bertz CT molecular complexity index is 1840. The smallest absolute Gasteiger partial charge is 0.370 e. The molecule has 0 spiro atoms. The second-order valence-electron chi connectivity index (χ2n) is 16.2. The molecule has 0 aliphatic heterocycles. The maximum absolute atomic E-state index is 14.2. The molecule has 0 saturated heterocycles. The summed E-state index contributed by atoms with van der Waals surface area (Å²) in [6, 6.07) is 12.8. The van der Waals surface area contributed by atoms with Crippen molar-refractivity contribution in [3.63, 3.8) is 0 Å². The van der Waals surface area contributed by atoms with Gasteiger partial charge in [0.25, 0.3) is 0 Å². The Morgan fingerprint density at radius 3 is 2.09 bits per heavy atom. The highest BCUT2D eigenvalue weighted by atomic mass is 19.4. The first-order valence-electron chi connectivity index (χ1n) is 18.2. The van der Waals surface area contributed by atoms with Gasteiger partial charge in [-0.25, -0.2) is 9.18 Å². The third kappa shape index (κ3) is 12.4. The fourth-order valence-electron chi connectivity index (χ4n) is 5.92. The molecule has 0 fully saturated rings. The lowest BCUT2D eigenvalue weighted by atomic mass is 9.83. The first-order chi connectivity index (χ1) is 24.5. The van der Waals surface area contributed by atoms with Crippen LogP contribution in [0.15, 0.2) is 58.4 Å². The van der Waals surface area contributed by atoms with Crippen LogP contribution in [0.25, 0.3) is 16.7 Å². The van der Waals surface area contributed by atoms with Gasteiger partial charge in [0.1, 0.15) is 11.5 Å². The molecule has 53 heavy (non-hydrogen) atoms. The van der Waals surface area contributed by atoms with E-state index in [0.717, 1.165) is 42.2 Å². The zero-order valence-electron chi connectivity index (χ0n) is 32.6. The van der Waals surface area contributed by atoms with Crippen LogP contribution in [0.5, 0.6) is 0 Å². The van der Waals surface area contributed by atoms with E-state index in [1.54, 1.807) is 31.4 Å². The van der Waals surface area contributed by atoms with Crippen molar-refractivity contribution in [3.05, 3.63) is 92.9 Å². The molecule has 0 aliphatic rings. The Balaban J connectivity index is 0.000000313. The number of H-pyrrole nitrogens is 1. The number of hydrogen-bond acceptors (Lipinski definition) is 5. The quantitative estimate of drug-likeness (QED) is 0.0433. The van der Waals surface area contributed by atoms with Crippen LogP contribution in [-0.2, 0) is 23.4 Å². The van der Waals surface area contributed by atoms with Crippen molar-refractivity contribution in [1.29, 1.82) is 0 Å². The summed E-state index contributed by atoms with van der Waals surface area (Å²) in [6.07, 6.45) is -0.0935. The van der Waals surface area contributed by atoms with E-state index in [1.807, 2.05) is 25.3 Å². The molecule has 0 radical (unpaired) electrons. The number of fused-ring (bicyclic) bond motifs is 1. The molecule has 0 saturated carbocycles. The van der Waals surface area contributed by atoms with Gasteiger partial charge in [0, 0.05) is 41.3 Å². The number of nitrogens with zero attached hydrogens (tertiary/aromatic N) is 3. The molecule has 2 aromatic heterocycles. The second kappa shape index (κ2) is 17.7. The molecule has 292 valence electrons. The number of benzene rings is 2. The largest absolute Gasteiger partial charge is 0.419 e. The van der Waals surface area contributed by atoms with Crippen LogP contribution in [0.2, 0.25) is 0 Å². The molecule has 4 rings (SSSR count). The summed E-state index contributed by atoms with van der Waals surface area (Å²) in [5.74, 6) is -0.635. The highest BCUT2D eigenvalue weighted by molar-refractivity contribution is 5.76. The van der Waals surface area contributed by atoms with Gasteiger partial charge < -0.3 is 27.5 Å². The Morgan fingerprint density at radius 1 is 0.943 bits per heavy atom. The van der Waals surface area contributed by atoms with Crippen LogP contribution in [0.4, 0.5) is 17.6 Å². The highest BCUT2D eigenvalue weighted by Gasteiger charge is 2.37. The molecular weight excluding hydrogens is 684 g/mol. The van der Waals surface area contributed by atoms with E-state index in [9.17, 15) is 22.4 Å². The number of aryl methyl sites for hydroxylation is 1. The van der Waals surface area contributed by atoms with E-state index in [0.29, 0.717) is 36.5 Å². The van der Waals surface area contributed by atoms with Crippen molar-refractivity contribution in [3.8, 4) is 5.69 Å². The summed E-state index contributed by atoms with van der Waals surface area (Å²) in [7, 11) is 0. The number of guanidine groups is 1. The molecule has 0 aliphatic carbocycles. The van der Waals surface area contributed by atoms with Gasteiger partial charge in [0.05, 0.1) is 11.3 Å². The Kier molecular flexibility index (Phi) is 14.4. The summed E-state index contributed by atoms with van der Waals surface area (Å²) < 4.78 is 54.7. The summed E-state index contributed by atoms with van der Waals surface area (Å²) in [6.45, 7) is 19.1. The van der Waals surface area contributed by atoms with E-state index in [1.165, 1.54) is 5.56 Å². The van der Waals surface area contributed by atoms with Gasteiger partial charge in [-0.3, -0.25) is 9.56 Å². The Labute approximate surface area is 310 Å². The SMILES string of the molecule is CC(C)[C@H](NCCCN=C(N)N)c1ccc(-n2cc3cc(C(C)(C)C)[nH]c3nc2=O)cc1.C[C@H](N)CCCc1cc(C(C)(C)C)c(F)c(C(F)(F)F)c1. The van der Waals surface area contributed by atoms with Gasteiger partial charge in [0.15, 0.2) is 5.96 Å². The van der Waals surface area contributed by atoms with Gasteiger partial charge >= 0.3 is 11.9 Å². The van der Waals surface area contributed by atoms with Gasteiger partial charge in [-0.05, 0) is 91.4 Å². The summed E-state index contributed by atoms with van der Waals surface area (Å²) >= 11 is 0. The number of aromatic nitrogens is 3. The highest BCUT2D eigenvalue weighted by Crippen LogP contribution is 2.37. The number of nitrogens with two attached hydrogens (primary N) is 3. The van der Waals surface area contributed by atoms with Gasteiger partial charge in [-0.2, -0.15) is 18.2 Å². The van der Waals surface area contributed by atoms with Crippen LogP contribution in [0, 0.1) is 11.7 Å². The minimum Gasteiger partial charge on any atom is -0.370 e. The van der Waals surface area contributed by atoms with Crippen LogP contribution >= 0.6 is 0 Å². The normalized spacial score (nSPS) is 13.5. The standard InChI is InChI=1S/C24H35N7O.C16H23F4N/c1-15(2)20(27-11-6-12-28-22(25)26)16-7-9-18(10-8-16)31-14-17-13-19(24(3,4)5)29-21(17)30-23(31)32;1-10(21)6-5-7-11-8-12(15(2,3)4)14(17)13(9-11)16(18,19)20/h7-10,13-15,20,27H,6,11-12H2,1-5H3,(H4,25,26,28)(H,29,30,32);8-10H,5-7,21H2,1-4H3/t20-;10-/m00/s1. The lowest BCUT2D eigenvalue weighted by Crippen LogP contribution is -2.28. The molecule has 0 unspecified atom stereocenters. The molecule has 0 bridgehead atoms. The molecule has 0 amide bonds. The summed E-state index contributed by atoms with van der Waals surface area (Å²) in [4.78, 5) is 24.2. The minimum absolute atomic E-state index is 0.00891. The predicted octanol–water partition coefficient (Wildman–Crippen LogP) is 7.77. The minimum atomic E-state index is -4.68. The molecule has 2 atom stereocenters. The average molecular weight is 743 g/mol. The number of aromatic amines is 1.